The number of aromatic nitrogens is 3. The molecule has 0 aliphatic rings. The smallest absolute Gasteiger partial charge is 0.328 e. The van der Waals surface area contributed by atoms with Crippen LogP contribution in [0.15, 0.2) is 22.7 Å². The molecule has 0 saturated carbocycles. The van der Waals surface area contributed by atoms with E-state index in [1.807, 2.05) is 6.92 Å². The van der Waals surface area contributed by atoms with Crippen LogP contribution in [0.5, 0.6) is 11.8 Å². The highest BCUT2D eigenvalue weighted by Gasteiger charge is 2.10. The zero-order valence-electron chi connectivity index (χ0n) is 9.82. The quantitative estimate of drug-likeness (QED) is 0.915. The lowest BCUT2D eigenvalue weighted by atomic mass is 10.3. The Hall–Kier alpha value is -1.47. The first-order valence-electron chi connectivity index (χ1n) is 5.37. The monoisotopic (exact) mass is 346 g/mol. The van der Waals surface area contributed by atoms with Gasteiger partial charge in [0.05, 0.1) is 0 Å². The van der Waals surface area contributed by atoms with Crippen molar-refractivity contribution < 1.29 is 9.13 Å². The molecular formula is C11H9BrClFN4O. The van der Waals surface area contributed by atoms with E-state index in [0.717, 1.165) is 0 Å². The van der Waals surface area contributed by atoms with E-state index in [9.17, 15) is 4.39 Å². The Kier molecular flexibility index (Phi) is 4.49. The molecule has 19 heavy (non-hydrogen) atoms. The van der Waals surface area contributed by atoms with Gasteiger partial charge in [0.15, 0.2) is 11.6 Å². The molecule has 5 nitrogen and oxygen atoms in total. The predicted molar refractivity (Wildman–Crippen MR) is 73.2 cm³/mol. The van der Waals surface area contributed by atoms with E-state index in [1.54, 1.807) is 6.07 Å². The van der Waals surface area contributed by atoms with Crippen molar-refractivity contribution in [1.82, 2.24) is 15.0 Å². The standard InChI is InChI=1S/C11H9BrClFN4O/c1-2-15-10-16-9(13)17-11(18-10)19-8-4-3-6(12)5-7(8)14/h3-5H,2H2,1H3,(H,15,16,17,18). The zero-order valence-corrected chi connectivity index (χ0v) is 12.2. The third-order valence-electron chi connectivity index (χ3n) is 2.02. The number of benzene rings is 1. The number of rotatable bonds is 4. The average molecular weight is 348 g/mol. The number of hydrogen-bond donors (Lipinski definition) is 1. The molecule has 0 aliphatic heterocycles. The SMILES string of the molecule is CCNc1nc(Cl)nc(Oc2ccc(Br)cc2F)n1. The molecule has 0 spiro atoms. The summed E-state index contributed by atoms with van der Waals surface area (Å²) in [5.41, 5.74) is 0. The van der Waals surface area contributed by atoms with E-state index in [1.165, 1.54) is 12.1 Å². The lowest BCUT2D eigenvalue weighted by Gasteiger charge is -2.07. The molecular weight excluding hydrogens is 339 g/mol. The summed E-state index contributed by atoms with van der Waals surface area (Å²) >= 11 is 8.89. The maximum Gasteiger partial charge on any atom is 0.328 e. The molecule has 0 radical (unpaired) electrons. The second kappa shape index (κ2) is 6.12. The summed E-state index contributed by atoms with van der Waals surface area (Å²) < 4.78 is 19.5. The van der Waals surface area contributed by atoms with E-state index in [0.29, 0.717) is 11.0 Å². The molecule has 0 unspecified atom stereocenters. The van der Waals surface area contributed by atoms with Gasteiger partial charge in [0, 0.05) is 11.0 Å². The third-order valence-corrected chi connectivity index (χ3v) is 2.68. The van der Waals surface area contributed by atoms with Crippen molar-refractivity contribution in [3.05, 3.63) is 33.8 Å². The number of hydrogen-bond acceptors (Lipinski definition) is 5. The Morgan fingerprint density at radius 1 is 1.37 bits per heavy atom. The minimum Gasteiger partial charge on any atom is -0.421 e. The van der Waals surface area contributed by atoms with Crippen LogP contribution in [0.3, 0.4) is 0 Å². The zero-order chi connectivity index (χ0) is 13.8. The van der Waals surface area contributed by atoms with Crippen molar-refractivity contribution in [1.29, 1.82) is 0 Å². The van der Waals surface area contributed by atoms with Crippen molar-refractivity contribution in [2.75, 3.05) is 11.9 Å². The van der Waals surface area contributed by atoms with Crippen LogP contribution in [0, 0.1) is 5.82 Å². The van der Waals surface area contributed by atoms with Gasteiger partial charge in [-0.15, -0.1) is 0 Å². The second-order valence-corrected chi connectivity index (χ2v) is 4.67. The number of nitrogens with one attached hydrogen (secondary N) is 1. The van der Waals surface area contributed by atoms with E-state index in [-0.39, 0.29) is 23.0 Å². The molecule has 0 aliphatic carbocycles. The van der Waals surface area contributed by atoms with Crippen LogP contribution in [0.25, 0.3) is 0 Å². The highest BCUT2D eigenvalue weighted by atomic mass is 79.9. The molecule has 0 atom stereocenters. The fourth-order valence-electron chi connectivity index (χ4n) is 1.27. The Morgan fingerprint density at radius 3 is 2.84 bits per heavy atom. The summed E-state index contributed by atoms with van der Waals surface area (Å²) in [7, 11) is 0. The van der Waals surface area contributed by atoms with Crippen LogP contribution in [-0.2, 0) is 0 Å². The van der Waals surface area contributed by atoms with Crippen molar-refractivity contribution in [2.45, 2.75) is 6.92 Å². The van der Waals surface area contributed by atoms with Gasteiger partial charge in [-0.1, -0.05) is 15.9 Å². The first-order valence-corrected chi connectivity index (χ1v) is 6.54. The van der Waals surface area contributed by atoms with E-state index in [4.69, 9.17) is 16.3 Å². The minimum absolute atomic E-state index is 0.00733. The predicted octanol–water partition coefficient (Wildman–Crippen LogP) is 3.65. The molecule has 8 heteroatoms. The Labute approximate surface area is 122 Å². The van der Waals surface area contributed by atoms with Gasteiger partial charge in [-0.05, 0) is 36.7 Å². The van der Waals surface area contributed by atoms with Gasteiger partial charge in [0.1, 0.15) is 0 Å². The molecule has 0 amide bonds. The Balaban J connectivity index is 2.27. The summed E-state index contributed by atoms with van der Waals surface area (Å²) in [5.74, 6) is -0.251. The van der Waals surface area contributed by atoms with Crippen LogP contribution in [0.4, 0.5) is 10.3 Å². The maximum absolute atomic E-state index is 13.6. The van der Waals surface area contributed by atoms with Gasteiger partial charge in [-0.2, -0.15) is 15.0 Å². The Morgan fingerprint density at radius 2 is 2.16 bits per heavy atom. The summed E-state index contributed by atoms with van der Waals surface area (Å²) in [4.78, 5) is 11.6. The molecule has 2 aromatic rings. The van der Waals surface area contributed by atoms with Gasteiger partial charge >= 0.3 is 6.01 Å². The van der Waals surface area contributed by atoms with Gasteiger partial charge in [0.2, 0.25) is 11.2 Å². The third kappa shape index (κ3) is 3.74. The number of anilines is 1. The van der Waals surface area contributed by atoms with E-state index in [2.05, 4.69) is 36.2 Å². The second-order valence-electron chi connectivity index (χ2n) is 3.42. The molecule has 0 bridgehead atoms. The lowest BCUT2D eigenvalue weighted by molar-refractivity contribution is 0.410. The lowest BCUT2D eigenvalue weighted by Crippen LogP contribution is -2.05. The summed E-state index contributed by atoms with van der Waals surface area (Å²) in [5, 5.41) is 2.84. The fraction of sp³-hybridized carbons (Fsp3) is 0.182. The molecule has 1 N–H and O–H groups in total. The van der Waals surface area contributed by atoms with Crippen molar-refractivity contribution in [2.24, 2.45) is 0 Å². The highest BCUT2D eigenvalue weighted by molar-refractivity contribution is 9.10. The van der Waals surface area contributed by atoms with Crippen molar-refractivity contribution in [3.8, 4) is 11.8 Å². The summed E-state index contributed by atoms with van der Waals surface area (Å²) in [6.45, 7) is 2.50. The van der Waals surface area contributed by atoms with Crippen LogP contribution >= 0.6 is 27.5 Å². The van der Waals surface area contributed by atoms with Gasteiger partial charge in [-0.3, -0.25) is 0 Å². The first kappa shape index (κ1) is 14.0. The molecule has 1 aromatic carbocycles. The fourth-order valence-corrected chi connectivity index (χ4v) is 1.76. The minimum atomic E-state index is -0.532. The van der Waals surface area contributed by atoms with Crippen LogP contribution in [-0.4, -0.2) is 21.5 Å². The van der Waals surface area contributed by atoms with Gasteiger partial charge < -0.3 is 10.1 Å². The van der Waals surface area contributed by atoms with Crippen LogP contribution in [0.2, 0.25) is 5.28 Å². The topological polar surface area (TPSA) is 59.9 Å². The maximum atomic E-state index is 13.6. The molecule has 1 aromatic heterocycles. The summed E-state index contributed by atoms with van der Waals surface area (Å²) in [6.07, 6.45) is 0. The molecule has 1 heterocycles. The van der Waals surface area contributed by atoms with E-state index < -0.39 is 5.82 Å². The molecule has 0 fully saturated rings. The number of halogens is 3. The average Bonchev–Trinajstić information content (AvgIpc) is 2.32. The Bertz CT molecular complexity index is 599. The van der Waals surface area contributed by atoms with Crippen molar-refractivity contribution >= 4 is 33.5 Å². The van der Waals surface area contributed by atoms with E-state index >= 15 is 0 Å². The normalized spacial score (nSPS) is 10.3. The largest absolute Gasteiger partial charge is 0.421 e. The van der Waals surface area contributed by atoms with Crippen LogP contribution in [0.1, 0.15) is 6.92 Å². The van der Waals surface area contributed by atoms with Crippen LogP contribution < -0.4 is 10.1 Å². The summed E-state index contributed by atoms with van der Waals surface area (Å²) in [6, 6.07) is 4.32. The highest BCUT2D eigenvalue weighted by Crippen LogP contribution is 2.25. The number of nitrogens with zero attached hydrogens (tertiary/aromatic N) is 3. The van der Waals surface area contributed by atoms with Gasteiger partial charge in [0.25, 0.3) is 0 Å². The molecule has 2 rings (SSSR count). The molecule has 100 valence electrons. The number of ether oxygens (including phenoxy) is 1. The van der Waals surface area contributed by atoms with Crippen molar-refractivity contribution in [3.63, 3.8) is 0 Å². The van der Waals surface area contributed by atoms with Gasteiger partial charge in [-0.25, -0.2) is 4.39 Å². The first-order chi connectivity index (χ1) is 9.08. The molecule has 0 saturated heterocycles.